The van der Waals surface area contributed by atoms with E-state index in [0.29, 0.717) is 59.5 Å². The van der Waals surface area contributed by atoms with Gasteiger partial charge in [0.2, 0.25) is 0 Å². The van der Waals surface area contributed by atoms with Crippen LogP contribution >= 0.6 is 124 Å². The largest absolute Gasteiger partial charge is 0.500 e. The van der Waals surface area contributed by atoms with Crippen molar-refractivity contribution in [3.05, 3.63) is 0 Å². The molecule has 354 valence electrons. The number of hydrogen-bond donors (Lipinski definition) is 0. The molecule has 0 radical (unpaired) electrons. The number of rotatable bonds is 44. The minimum Gasteiger partial charge on any atom is -0.374 e. The van der Waals surface area contributed by atoms with Crippen molar-refractivity contribution in [1.29, 1.82) is 0 Å². The van der Waals surface area contributed by atoms with E-state index < -0.39 is 26.4 Å². The topological polar surface area (TPSA) is 83.1 Å². The molecule has 1 aliphatic rings. The molecule has 0 bridgehead atoms. The van der Waals surface area contributed by atoms with Crippen LogP contribution in [-0.4, -0.2) is 107 Å². The minimum atomic E-state index is -2.61. The third-order valence-electron chi connectivity index (χ3n) is 8.38. The molecule has 24 heteroatoms. The highest BCUT2D eigenvalue weighted by Gasteiger charge is 2.42. The molecule has 0 spiro atoms. The van der Waals surface area contributed by atoms with Crippen LogP contribution in [0.2, 0.25) is 18.1 Å². The Bertz CT molecular complexity index is 817. The van der Waals surface area contributed by atoms with Crippen LogP contribution in [0.15, 0.2) is 0 Å². The molecule has 0 saturated heterocycles. The highest BCUT2D eigenvalue weighted by molar-refractivity contribution is 9.32. The molecule has 1 aliphatic carbocycles. The molecule has 1 saturated carbocycles. The van der Waals surface area contributed by atoms with Crippen LogP contribution in [0.4, 0.5) is 0 Å². The van der Waals surface area contributed by atoms with E-state index in [0.717, 1.165) is 60.6 Å². The average Bonchev–Trinajstić information content (AvgIpc) is 3.21. The Morgan fingerprint density at radius 2 is 0.661 bits per heavy atom. The summed E-state index contributed by atoms with van der Waals surface area (Å²) in [6, 6.07) is 2.58. The summed E-state index contributed by atoms with van der Waals surface area (Å²) in [7, 11) is 15.8. The Labute approximate surface area is 409 Å². The first kappa shape index (κ1) is 61.5. The van der Waals surface area contributed by atoms with E-state index in [4.69, 9.17) is 39.8 Å². The molecule has 0 aliphatic heterocycles. The van der Waals surface area contributed by atoms with Crippen LogP contribution in [0.5, 0.6) is 0 Å². The molecule has 1 rings (SSSR count). The summed E-state index contributed by atoms with van der Waals surface area (Å²) in [4.78, 5) is 0. The predicted octanol–water partition coefficient (Wildman–Crippen LogP) is 16.0. The molecule has 0 amide bonds. The lowest BCUT2D eigenvalue weighted by atomic mass is 9.87. The molecule has 0 aromatic rings. The van der Waals surface area contributed by atoms with Gasteiger partial charge in [-0.1, -0.05) is 96.9 Å². The van der Waals surface area contributed by atoms with Gasteiger partial charge in [0, 0.05) is 94.9 Å². The van der Waals surface area contributed by atoms with E-state index in [1.807, 2.05) is 154 Å². The lowest BCUT2D eigenvalue weighted by Crippen LogP contribution is -2.46. The van der Waals surface area contributed by atoms with Crippen LogP contribution in [0.25, 0.3) is 0 Å². The Hall–Kier alpha value is 4.49. The predicted molar refractivity (Wildman–Crippen MR) is 290 cm³/mol. The smallest absolute Gasteiger partial charge is 0.374 e. The summed E-state index contributed by atoms with van der Waals surface area (Å²) in [5.74, 6) is 3.89. The van der Waals surface area contributed by atoms with Crippen molar-refractivity contribution >= 4 is 150 Å². The Morgan fingerprint density at radius 3 is 0.915 bits per heavy atom. The van der Waals surface area contributed by atoms with Gasteiger partial charge < -0.3 is 39.8 Å². The summed E-state index contributed by atoms with van der Waals surface area (Å²) in [6.45, 7) is 23.9. The molecule has 0 N–H and O–H groups in total. The van der Waals surface area contributed by atoms with E-state index in [9.17, 15) is 0 Å². The molecule has 9 nitrogen and oxygen atoms in total. The van der Waals surface area contributed by atoms with Gasteiger partial charge >= 0.3 is 26.4 Å². The van der Waals surface area contributed by atoms with E-state index in [2.05, 4.69) is 32.4 Å². The van der Waals surface area contributed by atoms with Crippen LogP contribution < -0.4 is 0 Å². The maximum Gasteiger partial charge on any atom is 0.500 e. The second-order valence-corrected chi connectivity index (χ2v) is 40.5. The number of hydrogen-bond acceptors (Lipinski definition) is 21. The van der Waals surface area contributed by atoms with Gasteiger partial charge in [0.25, 0.3) is 0 Å². The lowest BCUT2D eigenvalue weighted by molar-refractivity contribution is 0.0704. The third-order valence-corrected chi connectivity index (χ3v) is 41.0. The molecule has 59 heavy (non-hydrogen) atoms. The Morgan fingerprint density at radius 1 is 0.390 bits per heavy atom. The highest BCUT2D eigenvalue weighted by Crippen LogP contribution is 2.69. The first-order valence-electron chi connectivity index (χ1n) is 21.4. The van der Waals surface area contributed by atoms with Gasteiger partial charge in [-0.2, -0.15) is 0 Å². The summed E-state index contributed by atoms with van der Waals surface area (Å²) in [5, 5.41) is 0. The van der Waals surface area contributed by atoms with Gasteiger partial charge in [-0.3, -0.25) is 0 Å². The average molecular weight is 1110 g/mol. The molecular weight excluding hydrogens is 1030 g/mol. The van der Waals surface area contributed by atoms with Gasteiger partial charge in [-0.15, -0.1) is 0 Å². The van der Waals surface area contributed by atoms with Gasteiger partial charge in [-0.05, 0) is 153 Å². The first-order valence-corrected chi connectivity index (χ1v) is 42.2. The second-order valence-electron chi connectivity index (χ2n) is 12.8. The Balaban J connectivity index is 2.93. The van der Waals surface area contributed by atoms with Crippen LogP contribution in [0.1, 0.15) is 120 Å². The van der Waals surface area contributed by atoms with Gasteiger partial charge in [0.1, 0.15) is 3.41 Å². The van der Waals surface area contributed by atoms with Crippen LogP contribution in [0.3, 0.4) is 0 Å². The summed E-state index contributed by atoms with van der Waals surface area (Å²) in [5.41, 5.74) is 0. The van der Waals surface area contributed by atoms with E-state index >= 15 is 0 Å². The van der Waals surface area contributed by atoms with E-state index in [1.165, 1.54) is 38.5 Å². The molecule has 0 atom stereocenters. The zero-order chi connectivity index (χ0) is 43.4. The lowest BCUT2D eigenvalue weighted by Gasteiger charge is -2.34. The standard InChI is InChI=1S/C35H76O9S12Si3/c1-10-36-57(37-11-2,38-12-3)30-22-27-45-51-54-48-35(33-34-25-20-19-21-26-34,49-55-52-46-28-23-31-58(39-13-4,40-14-5)41-15-6)50-56-53-47-29-24-32-59(42-16-7,43-17-8)44-18-9/h34H,10-33H2,1-9H3. The van der Waals surface area contributed by atoms with Crippen LogP contribution in [0, 0.1) is 5.92 Å². The normalized spacial score (nSPS) is 14.8. The van der Waals surface area contributed by atoms with Crippen molar-refractivity contribution in [3.63, 3.8) is 0 Å². The fraction of sp³-hybridized carbons (Fsp3) is 1.00. The van der Waals surface area contributed by atoms with Crippen LogP contribution in [-0.2, 0) is 39.8 Å². The summed E-state index contributed by atoms with van der Waals surface area (Å²) < 4.78 is 54.9. The molecule has 0 heterocycles. The third kappa shape index (κ3) is 28.6. The van der Waals surface area contributed by atoms with Crippen molar-refractivity contribution in [2.75, 3.05) is 76.7 Å². The maximum absolute atomic E-state index is 6.10. The monoisotopic (exact) mass is 1110 g/mol. The first-order chi connectivity index (χ1) is 28.7. The van der Waals surface area contributed by atoms with Crippen molar-refractivity contribution in [2.45, 2.75) is 142 Å². The molecule has 0 aromatic heterocycles. The minimum absolute atomic E-state index is 0.0135. The fourth-order valence-electron chi connectivity index (χ4n) is 6.29. The zero-order valence-corrected chi connectivity index (χ0v) is 49.9. The Kier molecular flexibility index (Phi) is 42.1. The maximum atomic E-state index is 6.10. The molecular formula is C35H76O9S12Si3. The van der Waals surface area contributed by atoms with E-state index in [-0.39, 0.29) is 3.41 Å². The van der Waals surface area contributed by atoms with Crippen molar-refractivity contribution < 1.29 is 39.8 Å². The zero-order valence-electron chi connectivity index (χ0n) is 37.1. The molecule has 0 aromatic carbocycles. The SMILES string of the molecule is CCO[Si](CCCSSSSC(CC1CCCCC1)(SSSSCCC[Si](OCC)(OCC)OCC)SSSSCCC[Si](OCC)(OCC)OCC)(OCC)OCC. The highest BCUT2D eigenvalue weighted by atomic mass is 33.7. The quantitative estimate of drug-likeness (QED) is 0.0251. The fourth-order valence-corrected chi connectivity index (χ4v) is 40.8. The second kappa shape index (κ2) is 40.4. The van der Waals surface area contributed by atoms with Gasteiger partial charge in [-0.25, -0.2) is 0 Å². The van der Waals surface area contributed by atoms with E-state index in [1.54, 1.807) is 0 Å². The molecule has 1 fully saturated rings. The summed E-state index contributed by atoms with van der Waals surface area (Å²) in [6.07, 6.45) is 11.0. The van der Waals surface area contributed by atoms with Crippen molar-refractivity contribution in [1.82, 2.24) is 0 Å². The van der Waals surface area contributed by atoms with Crippen molar-refractivity contribution in [2.24, 2.45) is 5.92 Å². The summed E-state index contributed by atoms with van der Waals surface area (Å²) >= 11 is 0. The molecule has 0 unspecified atom stereocenters. The van der Waals surface area contributed by atoms with Crippen molar-refractivity contribution in [3.8, 4) is 0 Å². The van der Waals surface area contributed by atoms with Gasteiger partial charge in [0.05, 0.1) is 0 Å². The van der Waals surface area contributed by atoms with Gasteiger partial charge in [0.15, 0.2) is 0 Å².